The highest BCUT2D eigenvalue weighted by Gasteiger charge is 2.28. The fourth-order valence-electron chi connectivity index (χ4n) is 2.90. The zero-order valence-electron chi connectivity index (χ0n) is 13.8. The molecular weight excluding hydrogens is 306 g/mol. The van der Waals surface area contributed by atoms with Gasteiger partial charge in [0.05, 0.1) is 0 Å². The number of carboxylic acids is 1. The predicted molar refractivity (Wildman–Crippen MR) is 91.9 cm³/mol. The third-order valence-corrected chi connectivity index (χ3v) is 4.06. The maximum Gasteiger partial charge on any atom is 0.326 e. The normalized spacial score (nSPS) is 12.1. The summed E-state index contributed by atoms with van der Waals surface area (Å²) in [4.78, 5) is 36.4. The Labute approximate surface area is 140 Å². The van der Waals surface area contributed by atoms with Gasteiger partial charge in [-0.3, -0.25) is 9.59 Å². The van der Waals surface area contributed by atoms with Crippen LogP contribution in [0, 0.1) is 5.92 Å². The Morgan fingerprint density at radius 3 is 2.42 bits per heavy atom. The van der Waals surface area contributed by atoms with Crippen molar-refractivity contribution in [2.75, 3.05) is 6.54 Å². The Morgan fingerprint density at radius 1 is 1.12 bits per heavy atom. The molecule has 5 heteroatoms. The number of hydrogen-bond acceptors (Lipinski definition) is 3. The second-order valence-electron chi connectivity index (χ2n) is 6.07. The fourth-order valence-corrected chi connectivity index (χ4v) is 2.90. The van der Waals surface area contributed by atoms with E-state index in [9.17, 15) is 19.5 Å². The minimum absolute atomic E-state index is 0.0840. The van der Waals surface area contributed by atoms with Crippen LogP contribution in [0.2, 0.25) is 0 Å². The van der Waals surface area contributed by atoms with Crippen LogP contribution in [0.25, 0.3) is 10.8 Å². The van der Waals surface area contributed by atoms with Gasteiger partial charge in [-0.1, -0.05) is 56.3 Å². The molecule has 0 heterocycles. The van der Waals surface area contributed by atoms with Crippen LogP contribution in [0.4, 0.5) is 0 Å². The maximum atomic E-state index is 12.6. The number of nitrogens with zero attached hydrogens (tertiary/aromatic N) is 1. The highest BCUT2D eigenvalue weighted by molar-refractivity contribution is 6.08. The third-order valence-electron chi connectivity index (χ3n) is 4.06. The molecular formula is C19H21NO4. The zero-order valence-corrected chi connectivity index (χ0v) is 13.8. The van der Waals surface area contributed by atoms with Crippen molar-refractivity contribution in [1.82, 2.24) is 4.90 Å². The van der Waals surface area contributed by atoms with Crippen LogP contribution in [-0.2, 0) is 9.59 Å². The number of rotatable bonds is 8. The number of carboxylic acid groups (broad SMARTS) is 1. The average Bonchev–Trinajstić information content (AvgIpc) is 2.56. The first-order chi connectivity index (χ1) is 11.5. The maximum absolute atomic E-state index is 12.6. The van der Waals surface area contributed by atoms with Gasteiger partial charge in [0, 0.05) is 18.5 Å². The number of fused-ring (bicyclic) bond motifs is 1. The van der Waals surface area contributed by atoms with Crippen molar-refractivity contribution in [3.8, 4) is 0 Å². The second-order valence-corrected chi connectivity index (χ2v) is 6.07. The lowest BCUT2D eigenvalue weighted by atomic mass is 9.99. The summed E-state index contributed by atoms with van der Waals surface area (Å²) in [6.45, 7) is 3.56. The summed E-state index contributed by atoms with van der Waals surface area (Å²) in [5.74, 6) is -1.40. The topological polar surface area (TPSA) is 74.7 Å². The summed E-state index contributed by atoms with van der Waals surface area (Å²) >= 11 is 0. The number of amides is 1. The summed E-state index contributed by atoms with van der Waals surface area (Å²) in [7, 11) is 0. The molecule has 0 radical (unpaired) electrons. The van der Waals surface area contributed by atoms with E-state index in [0.717, 1.165) is 10.8 Å². The van der Waals surface area contributed by atoms with Gasteiger partial charge in [0.15, 0.2) is 5.78 Å². The fraction of sp³-hybridized carbons (Fsp3) is 0.316. The largest absolute Gasteiger partial charge is 0.480 e. The van der Waals surface area contributed by atoms with E-state index >= 15 is 0 Å². The number of hydrogen-bond donors (Lipinski definition) is 1. The van der Waals surface area contributed by atoms with E-state index in [-0.39, 0.29) is 24.7 Å². The van der Waals surface area contributed by atoms with Crippen molar-refractivity contribution in [2.24, 2.45) is 5.92 Å². The molecule has 2 rings (SSSR count). The molecule has 2 aromatic carbocycles. The number of ketones is 1. The van der Waals surface area contributed by atoms with Crippen LogP contribution in [0.5, 0.6) is 0 Å². The van der Waals surface area contributed by atoms with E-state index in [1.54, 1.807) is 19.9 Å². The first-order valence-corrected chi connectivity index (χ1v) is 7.90. The van der Waals surface area contributed by atoms with Gasteiger partial charge in [-0.15, -0.1) is 0 Å². The SMILES string of the molecule is CC(C)C(C(=O)O)N(C=O)CCC(=O)c1cccc2ccccc12. The molecule has 0 bridgehead atoms. The average molecular weight is 327 g/mol. The summed E-state index contributed by atoms with van der Waals surface area (Å²) in [5, 5.41) is 11.1. The minimum atomic E-state index is -1.06. The van der Waals surface area contributed by atoms with Crippen molar-refractivity contribution in [3.63, 3.8) is 0 Å². The van der Waals surface area contributed by atoms with Crippen LogP contribution in [-0.4, -0.2) is 40.8 Å². The molecule has 0 fully saturated rings. The van der Waals surface area contributed by atoms with E-state index in [1.807, 2.05) is 36.4 Å². The van der Waals surface area contributed by atoms with E-state index in [0.29, 0.717) is 12.0 Å². The summed E-state index contributed by atoms with van der Waals surface area (Å²) < 4.78 is 0. The Balaban J connectivity index is 2.16. The Bertz CT molecular complexity index is 749. The molecule has 0 spiro atoms. The number of carbonyl (C=O) groups is 3. The smallest absolute Gasteiger partial charge is 0.326 e. The molecule has 0 saturated heterocycles. The molecule has 5 nitrogen and oxygen atoms in total. The molecule has 0 saturated carbocycles. The van der Waals surface area contributed by atoms with Crippen LogP contribution >= 0.6 is 0 Å². The minimum Gasteiger partial charge on any atom is -0.480 e. The third kappa shape index (κ3) is 3.79. The lowest BCUT2D eigenvalue weighted by molar-refractivity contribution is -0.148. The molecule has 0 aliphatic heterocycles. The Hall–Kier alpha value is -2.69. The van der Waals surface area contributed by atoms with Gasteiger partial charge in [0.25, 0.3) is 0 Å². The van der Waals surface area contributed by atoms with Gasteiger partial charge in [0.1, 0.15) is 6.04 Å². The highest BCUT2D eigenvalue weighted by Crippen LogP contribution is 2.20. The van der Waals surface area contributed by atoms with E-state index < -0.39 is 12.0 Å². The summed E-state index contributed by atoms with van der Waals surface area (Å²) in [5.41, 5.74) is 0.593. The van der Waals surface area contributed by atoms with Gasteiger partial charge in [-0.25, -0.2) is 4.79 Å². The van der Waals surface area contributed by atoms with Gasteiger partial charge < -0.3 is 10.0 Å². The zero-order chi connectivity index (χ0) is 17.7. The van der Waals surface area contributed by atoms with Crippen molar-refractivity contribution in [3.05, 3.63) is 48.0 Å². The Kier molecular flexibility index (Phi) is 5.68. The molecule has 1 N–H and O–H groups in total. The quantitative estimate of drug-likeness (QED) is 0.597. The van der Waals surface area contributed by atoms with E-state index in [4.69, 9.17) is 0 Å². The molecule has 1 atom stereocenters. The number of benzene rings is 2. The van der Waals surface area contributed by atoms with Crippen molar-refractivity contribution >= 4 is 28.9 Å². The van der Waals surface area contributed by atoms with Gasteiger partial charge in [-0.05, 0) is 16.7 Å². The lowest BCUT2D eigenvalue weighted by Crippen LogP contribution is -2.44. The monoisotopic (exact) mass is 327 g/mol. The molecule has 0 aliphatic carbocycles. The van der Waals surface area contributed by atoms with Crippen LogP contribution < -0.4 is 0 Å². The molecule has 0 aromatic heterocycles. The van der Waals surface area contributed by atoms with Gasteiger partial charge >= 0.3 is 5.97 Å². The molecule has 2 aromatic rings. The number of Topliss-reactive ketones (excluding diaryl/α,β-unsaturated/α-hetero) is 1. The highest BCUT2D eigenvalue weighted by atomic mass is 16.4. The predicted octanol–water partition coefficient (Wildman–Crippen LogP) is 2.98. The standard InChI is InChI=1S/C19H21NO4/c1-13(2)18(19(23)24)20(12-21)11-10-17(22)16-9-5-7-14-6-3-4-8-15(14)16/h3-9,12-13,18H,10-11H2,1-2H3,(H,23,24). The van der Waals surface area contributed by atoms with E-state index in [1.165, 1.54) is 4.90 Å². The van der Waals surface area contributed by atoms with E-state index in [2.05, 4.69) is 0 Å². The first kappa shape index (κ1) is 17.7. The summed E-state index contributed by atoms with van der Waals surface area (Å²) in [6.07, 6.45) is 0.596. The molecule has 0 aliphatic rings. The van der Waals surface area contributed by atoms with Crippen LogP contribution in [0.15, 0.2) is 42.5 Å². The first-order valence-electron chi connectivity index (χ1n) is 7.90. The number of carbonyl (C=O) groups excluding carboxylic acids is 2. The molecule has 1 amide bonds. The molecule has 126 valence electrons. The van der Waals surface area contributed by atoms with Crippen LogP contribution in [0.3, 0.4) is 0 Å². The van der Waals surface area contributed by atoms with Crippen molar-refractivity contribution in [1.29, 1.82) is 0 Å². The van der Waals surface area contributed by atoms with Crippen molar-refractivity contribution < 1.29 is 19.5 Å². The van der Waals surface area contributed by atoms with Gasteiger partial charge in [0.2, 0.25) is 6.41 Å². The second kappa shape index (κ2) is 7.73. The van der Waals surface area contributed by atoms with Crippen LogP contribution in [0.1, 0.15) is 30.6 Å². The van der Waals surface area contributed by atoms with Crippen molar-refractivity contribution in [2.45, 2.75) is 26.3 Å². The molecule has 1 unspecified atom stereocenters. The number of aliphatic carboxylic acids is 1. The lowest BCUT2D eigenvalue weighted by Gasteiger charge is -2.27. The van der Waals surface area contributed by atoms with Gasteiger partial charge in [-0.2, -0.15) is 0 Å². The Morgan fingerprint density at radius 2 is 1.79 bits per heavy atom. The molecule has 24 heavy (non-hydrogen) atoms. The summed E-state index contributed by atoms with van der Waals surface area (Å²) in [6, 6.07) is 12.2.